The Hall–Kier alpha value is -0.860. The first-order chi connectivity index (χ1) is 7.20. The first-order valence-corrected chi connectivity index (χ1v) is 5.79. The SMILES string of the molecule is CCCOC(C)=O.O=CC1CCCCC1. The van der Waals surface area contributed by atoms with Crippen molar-refractivity contribution >= 4 is 12.3 Å². The zero-order valence-corrected chi connectivity index (χ0v) is 9.83. The monoisotopic (exact) mass is 214 g/mol. The second kappa shape index (κ2) is 9.69. The van der Waals surface area contributed by atoms with Gasteiger partial charge < -0.3 is 9.53 Å². The highest BCUT2D eigenvalue weighted by atomic mass is 16.5. The average Bonchev–Trinajstić information content (AvgIpc) is 2.28. The molecule has 0 spiro atoms. The van der Waals surface area contributed by atoms with Gasteiger partial charge in [-0.1, -0.05) is 26.2 Å². The molecule has 0 atom stereocenters. The summed E-state index contributed by atoms with van der Waals surface area (Å²) in [6.07, 6.45) is 8.17. The second-order valence-electron chi connectivity index (χ2n) is 3.87. The number of aldehydes is 1. The van der Waals surface area contributed by atoms with E-state index in [1.54, 1.807) is 0 Å². The smallest absolute Gasteiger partial charge is 0.302 e. The molecular formula is C12H22O3. The Labute approximate surface area is 92.2 Å². The van der Waals surface area contributed by atoms with Crippen LogP contribution in [0.4, 0.5) is 0 Å². The van der Waals surface area contributed by atoms with Crippen LogP contribution in [0.15, 0.2) is 0 Å². The highest BCUT2D eigenvalue weighted by Gasteiger charge is 2.10. The molecule has 0 amide bonds. The molecular weight excluding hydrogens is 192 g/mol. The quantitative estimate of drug-likeness (QED) is 0.536. The van der Waals surface area contributed by atoms with Gasteiger partial charge in [0.15, 0.2) is 0 Å². The average molecular weight is 214 g/mol. The van der Waals surface area contributed by atoms with Crippen LogP contribution in [0.25, 0.3) is 0 Å². The number of carbonyl (C=O) groups is 2. The molecule has 0 unspecified atom stereocenters. The standard InChI is InChI=1S/C7H12O.C5H10O2/c8-6-7-4-2-1-3-5-7;1-3-4-7-5(2)6/h6-7H,1-5H2;3-4H2,1-2H3. The summed E-state index contributed by atoms with van der Waals surface area (Å²) >= 11 is 0. The van der Waals surface area contributed by atoms with E-state index in [-0.39, 0.29) is 5.97 Å². The largest absolute Gasteiger partial charge is 0.466 e. The molecule has 1 fully saturated rings. The second-order valence-corrected chi connectivity index (χ2v) is 3.87. The Balaban J connectivity index is 0.000000265. The van der Waals surface area contributed by atoms with Crippen LogP contribution in [0.2, 0.25) is 0 Å². The van der Waals surface area contributed by atoms with E-state index in [0.29, 0.717) is 12.5 Å². The van der Waals surface area contributed by atoms with Crippen molar-refractivity contribution in [3.8, 4) is 0 Å². The summed E-state index contributed by atoms with van der Waals surface area (Å²) in [6.45, 7) is 3.92. The fraction of sp³-hybridized carbons (Fsp3) is 0.833. The Morgan fingerprint density at radius 3 is 2.20 bits per heavy atom. The van der Waals surface area contributed by atoms with Crippen molar-refractivity contribution in [2.75, 3.05) is 6.61 Å². The lowest BCUT2D eigenvalue weighted by molar-refractivity contribution is -0.140. The van der Waals surface area contributed by atoms with E-state index in [1.807, 2.05) is 6.92 Å². The van der Waals surface area contributed by atoms with Crippen LogP contribution in [0.3, 0.4) is 0 Å². The molecule has 0 aromatic heterocycles. The summed E-state index contributed by atoms with van der Waals surface area (Å²) in [5.74, 6) is 0.214. The van der Waals surface area contributed by atoms with Crippen LogP contribution in [-0.2, 0) is 14.3 Å². The summed E-state index contributed by atoms with van der Waals surface area (Å²) in [5, 5.41) is 0. The van der Waals surface area contributed by atoms with Gasteiger partial charge in [-0.3, -0.25) is 4.79 Å². The predicted molar refractivity (Wildman–Crippen MR) is 59.6 cm³/mol. The number of ether oxygens (including phenoxy) is 1. The number of hydrogen-bond donors (Lipinski definition) is 0. The third-order valence-electron chi connectivity index (χ3n) is 2.35. The van der Waals surface area contributed by atoms with Gasteiger partial charge in [0.25, 0.3) is 0 Å². The van der Waals surface area contributed by atoms with Crippen molar-refractivity contribution in [2.24, 2.45) is 5.92 Å². The van der Waals surface area contributed by atoms with E-state index < -0.39 is 0 Å². The summed E-state index contributed by atoms with van der Waals surface area (Å²) in [6, 6.07) is 0. The number of hydrogen-bond acceptors (Lipinski definition) is 3. The maximum absolute atomic E-state index is 10.2. The number of carbonyl (C=O) groups excluding carboxylic acids is 2. The molecule has 0 N–H and O–H groups in total. The predicted octanol–water partition coefficient (Wildman–Crippen LogP) is 2.73. The molecule has 3 heteroatoms. The van der Waals surface area contributed by atoms with Gasteiger partial charge in [0.05, 0.1) is 6.61 Å². The van der Waals surface area contributed by atoms with Gasteiger partial charge in [-0.15, -0.1) is 0 Å². The van der Waals surface area contributed by atoms with Crippen molar-refractivity contribution in [1.29, 1.82) is 0 Å². The van der Waals surface area contributed by atoms with Crippen LogP contribution in [0.1, 0.15) is 52.4 Å². The Morgan fingerprint density at radius 2 is 1.93 bits per heavy atom. The highest BCUT2D eigenvalue weighted by Crippen LogP contribution is 2.21. The van der Waals surface area contributed by atoms with E-state index in [4.69, 9.17) is 0 Å². The highest BCUT2D eigenvalue weighted by molar-refractivity contribution is 5.65. The molecule has 15 heavy (non-hydrogen) atoms. The molecule has 0 heterocycles. The van der Waals surface area contributed by atoms with Gasteiger partial charge in [-0.05, 0) is 19.3 Å². The van der Waals surface area contributed by atoms with Crippen LogP contribution in [0, 0.1) is 5.92 Å². The third-order valence-corrected chi connectivity index (χ3v) is 2.35. The van der Waals surface area contributed by atoms with Gasteiger partial charge in [-0.2, -0.15) is 0 Å². The maximum Gasteiger partial charge on any atom is 0.302 e. The Kier molecular flexibility index (Phi) is 9.13. The van der Waals surface area contributed by atoms with Crippen molar-refractivity contribution in [3.05, 3.63) is 0 Å². The van der Waals surface area contributed by atoms with E-state index in [0.717, 1.165) is 25.5 Å². The minimum atomic E-state index is -0.193. The molecule has 0 radical (unpaired) electrons. The molecule has 0 aliphatic heterocycles. The van der Waals surface area contributed by atoms with Gasteiger partial charge in [0, 0.05) is 12.8 Å². The molecule has 1 aliphatic rings. The maximum atomic E-state index is 10.2. The third kappa shape index (κ3) is 9.44. The Morgan fingerprint density at radius 1 is 1.33 bits per heavy atom. The topological polar surface area (TPSA) is 43.4 Å². The molecule has 3 nitrogen and oxygen atoms in total. The van der Waals surface area contributed by atoms with E-state index >= 15 is 0 Å². The number of rotatable bonds is 3. The Bertz CT molecular complexity index is 172. The van der Waals surface area contributed by atoms with Crippen LogP contribution in [0.5, 0.6) is 0 Å². The van der Waals surface area contributed by atoms with Crippen molar-refractivity contribution in [3.63, 3.8) is 0 Å². The molecule has 0 aromatic carbocycles. The van der Waals surface area contributed by atoms with E-state index in [1.165, 1.54) is 26.2 Å². The lowest BCUT2D eigenvalue weighted by Gasteiger charge is -2.14. The van der Waals surface area contributed by atoms with Crippen LogP contribution < -0.4 is 0 Å². The zero-order valence-electron chi connectivity index (χ0n) is 9.83. The molecule has 0 aromatic rings. The van der Waals surface area contributed by atoms with E-state index in [9.17, 15) is 9.59 Å². The summed E-state index contributed by atoms with van der Waals surface area (Å²) in [4.78, 5) is 20.1. The molecule has 0 saturated heterocycles. The lowest BCUT2D eigenvalue weighted by Crippen LogP contribution is -2.06. The van der Waals surface area contributed by atoms with Gasteiger partial charge in [0.2, 0.25) is 0 Å². The molecule has 1 rings (SSSR count). The zero-order chi connectivity index (χ0) is 11.5. The van der Waals surface area contributed by atoms with Crippen molar-refractivity contribution < 1.29 is 14.3 Å². The molecule has 1 saturated carbocycles. The summed E-state index contributed by atoms with van der Waals surface area (Å²) in [7, 11) is 0. The molecule has 88 valence electrons. The lowest BCUT2D eigenvalue weighted by atomic mass is 9.91. The van der Waals surface area contributed by atoms with Crippen LogP contribution >= 0.6 is 0 Å². The van der Waals surface area contributed by atoms with Gasteiger partial charge in [-0.25, -0.2) is 0 Å². The number of esters is 1. The van der Waals surface area contributed by atoms with E-state index in [2.05, 4.69) is 4.74 Å². The molecule has 0 bridgehead atoms. The first kappa shape index (κ1) is 14.1. The van der Waals surface area contributed by atoms with Crippen LogP contribution in [-0.4, -0.2) is 18.9 Å². The molecule has 1 aliphatic carbocycles. The minimum Gasteiger partial charge on any atom is -0.466 e. The van der Waals surface area contributed by atoms with Crippen molar-refractivity contribution in [2.45, 2.75) is 52.4 Å². The summed E-state index contributed by atoms with van der Waals surface area (Å²) < 4.78 is 4.55. The fourth-order valence-electron chi connectivity index (χ4n) is 1.52. The first-order valence-electron chi connectivity index (χ1n) is 5.79. The van der Waals surface area contributed by atoms with Gasteiger partial charge >= 0.3 is 5.97 Å². The minimum absolute atomic E-state index is 0.193. The fourth-order valence-corrected chi connectivity index (χ4v) is 1.52. The van der Waals surface area contributed by atoms with Gasteiger partial charge in [0.1, 0.15) is 6.29 Å². The summed E-state index contributed by atoms with van der Waals surface area (Å²) in [5.41, 5.74) is 0. The normalized spacial score (nSPS) is 16.1. The van der Waals surface area contributed by atoms with Crippen molar-refractivity contribution in [1.82, 2.24) is 0 Å².